The van der Waals surface area contributed by atoms with Gasteiger partial charge in [-0.25, -0.2) is 0 Å². The summed E-state index contributed by atoms with van der Waals surface area (Å²) in [5, 5.41) is 13.6. The van der Waals surface area contributed by atoms with Crippen LogP contribution in [0.5, 0.6) is 0 Å². The summed E-state index contributed by atoms with van der Waals surface area (Å²) in [4.78, 5) is 22.6. The van der Waals surface area contributed by atoms with Crippen molar-refractivity contribution < 1.29 is 9.72 Å². The molecule has 0 bridgehead atoms. The highest BCUT2D eigenvalue weighted by Crippen LogP contribution is 2.26. The molecule has 20 heavy (non-hydrogen) atoms. The Balaban J connectivity index is 2.04. The summed E-state index contributed by atoms with van der Waals surface area (Å²) >= 11 is 0. The summed E-state index contributed by atoms with van der Waals surface area (Å²) in [6.07, 6.45) is 3.26. The third-order valence-electron chi connectivity index (χ3n) is 3.82. The van der Waals surface area contributed by atoms with Crippen molar-refractivity contribution in [1.29, 1.82) is 0 Å². The molecule has 2 rings (SSSR count). The SMILES string of the molecule is Cc1ccc(NC(=O)C2CCC(N)CC2)cc1[N+](=O)[O-]. The number of amides is 1. The number of nitrogens with two attached hydrogens (primary N) is 1. The Bertz CT molecular complexity index is 522. The number of carbonyl (C=O) groups is 1. The fourth-order valence-electron chi connectivity index (χ4n) is 2.51. The van der Waals surface area contributed by atoms with Crippen LogP contribution in [0.1, 0.15) is 31.2 Å². The quantitative estimate of drug-likeness (QED) is 0.654. The summed E-state index contributed by atoms with van der Waals surface area (Å²) in [6, 6.07) is 4.93. The lowest BCUT2D eigenvalue weighted by Crippen LogP contribution is -2.32. The molecule has 6 nitrogen and oxygen atoms in total. The Kier molecular flexibility index (Phi) is 4.34. The van der Waals surface area contributed by atoms with Gasteiger partial charge < -0.3 is 11.1 Å². The van der Waals surface area contributed by atoms with Gasteiger partial charge in [0.05, 0.1) is 4.92 Å². The first-order chi connectivity index (χ1) is 9.47. The topological polar surface area (TPSA) is 98.3 Å². The highest BCUT2D eigenvalue weighted by Gasteiger charge is 2.25. The zero-order valence-corrected chi connectivity index (χ0v) is 11.5. The standard InChI is InChI=1S/C14H19N3O3/c1-9-2-7-12(8-13(9)17(19)20)16-14(18)10-3-5-11(15)6-4-10/h2,7-8,10-11H,3-6,15H2,1H3,(H,16,18). The predicted molar refractivity (Wildman–Crippen MR) is 76.4 cm³/mol. The molecule has 1 aliphatic rings. The van der Waals surface area contributed by atoms with Crippen molar-refractivity contribution in [1.82, 2.24) is 0 Å². The summed E-state index contributed by atoms with van der Waals surface area (Å²) < 4.78 is 0. The van der Waals surface area contributed by atoms with E-state index in [4.69, 9.17) is 5.73 Å². The van der Waals surface area contributed by atoms with Crippen LogP contribution in [0.4, 0.5) is 11.4 Å². The Morgan fingerprint density at radius 2 is 2.00 bits per heavy atom. The van der Waals surface area contributed by atoms with Gasteiger partial charge in [0.1, 0.15) is 0 Å². The smallest absolute Gasteiger partial charge is 0.274 e. The number of anilines is 1. The highest BCUT2D eigenvalue weighted by molar-refractivity contribution is 5.93. The van der Waals surface area contributed by atoms with Gasteiger partial charge in [0.2, 0.25) is 5.91 Å². The summed E-state index contributed by atoms with van der Waals surface area (Å²) in [7, 11) is 0. The zero-order valence-electron chi connectivity index (χ0n) is 11.5. The van der Waals surface area contributed by atoms with Crippen LogP contribution in [-0.4, -0.2) is 16.9 Å². The molecule has 1 aliphatic carbocycles. The molecule has 0 radical (unpaired) electrons. The van der Waals surface area contributed by atoms with E-state index < -0.39 is 4.92 Å². The summed E-state index contributed by atoms with van der Waals surface area (Å²) in [5.74, 6) is -0.120. The molecule has 1 fully saturated rings. The average Bonchev–Trinajstić information content (AvgIpc) is 2.41. The molecule has 0 spiro atoms. The van der Waals surface area contributed by atoms with Crippen LogP contribution in [0.3, 0.4) is 0 Å². The molecule has 0 saturated heterocycles. The monoisotopic (exact) mass is 277 g/mol. The molecule has 1 amide bonds. The second kappa shape index (κ2) is 6.00. The second-order valence-corrected chi connectivity index (χ2v) is 5.36. The first-order valence-electron chi connectivity index (χ1n) is 6.79. The van der Waals surface area contributed by atoms with Crippen LogP contribution in [0.25, 0.3) is 0 Å². The lowest BCUT2D eigenvalue weighted by molar-refractivity contribution is -0.385. The Morgan fingerprint density at radius 1 is 1.35 bits per heavy atom. The predicted octanol–water partition coefficient (Wildman–Crippen LogP) is 2.36. The molecule has 0 unspecified atom stereocenters. The van der Waals surface area contributed by atoms with E-state index in [1.165, 1.54) is 6.07 Å². The van der Waals surface area contributed by atoms with Crippen molar-refractivity contribution in [2.24, 2.45) is 11.7 Å². The number of rotatable bonds is 3. The number of hydrogen-bond donors (Lipinski definition) is 2. The minimum atomic E-state index is -0.440. The molecule has 1 saturated carbocycles. The van der Waals surface area contributed by atoms with Crippen LogP contribution in [0, 0.1) is 23.0 Å². The number of nitrogens with one attached hydrogen (secondary N) is 1. The molecule has 0 aliphatic heterocycles. The third kappa shape index (κ3) is 3.33. The van der Waals surface area contributed by atoms with Gasteiger partial charge in [0, 0.05) is 29.3 Å². The summed E-state index contributed by atoms with van der Waals surface area (Å²) in [6.45, 7) is 1.67. The maximum Gasteiger partial charge on any atom is 0.274 e. The molecule has 1 aromatic carbocycles. The molecule has 108 valence electrons. The number of carbonyl (C=O) groups excluding carboxylic acids is 1. The van der Waals surface area contributed by atoms with E-state index in [0.29, 0.717) is 11.3 Å². The number of nitro benzene ring substituents is 1. The number of nitrogens with zero attached hydrogens (tertiary/aromatic N) is 1. The van der Waals surface area contributed by atoms with E-state index in [1.54, 1.807) is 19.1 Å². The number of nitro groups is 1. The zero-order chi connectivity index (χ0) is 14.7. The fraction of sp³-hybridized carbons (Fsp3) is 0.500. The average molecular weight is 277 g/mol. The largest absolute Gasteiger partial charge is 0.328 e. The van der Waals surface area contributed by atoms with E-state index in [0.717, 1.165) is 25.7 Å². The van der Waals surface area contributed by atoms with Crippen molar-refractivity contribution in [2.75, 3.05) is 5.32 Å². The van der Waals surface area contributed by atoms with Gasteiger partial charge in [-0.3, -0.25) is 14.9 Å². The van der Waals surface area contributed by atoms with Crippen molar-refractivity contribution in [3.8, 4) is 0 Å². The van der Waals surface area contributed by atoms with E-state index >= 15 is 0 Å². The minimum absolute atomic E-state index is 0.0217. The van der Waals surface area contributed by atoms with Crippen LogP contribution in [0.15, 0.2) is 18.2 Å². The van der Waals surface area contributed by atoms with Gasteiger partial charge in [0.15, 0.2) is 0 Å². The lowest BCUT2D eigenvalue weighted by Gasteiger charge is -2.25. The molecule has 0 aromatic heterocycles. The van der Waals surface area contributed by atoms with Crippen LogP contribution in [-0.2, 0) is 4.79 Å². The molecule has 3 N–H and O–H groups in total. The van der Waals surface area contributed by atoms with Gasteiger partial charge in [0.25, 0.3) is 5.69 Å². The van der Waals surface area contributed by atoms with Crippen LogP contribution >= 0.6 is 0 Å². The molecule has 1 aromatic rings. The van der Waals surface area contributed by atoms with Gasteiger partial charge in [-0.1, -0.05) is 6.07 Å². The molecule has 6 heteroatoms. The summed E-state index contributed by atoms with van der Waals surface area (Å²) in [5.41, 5.74) is 6.89. The normalized spacial score (nSPS) is 22.3. The minimum Gasteiger partial charge on any atom is -0.328 e. The van der Waals surface area contributed by atoms with Crippen LogP contribution < -0.4 is 11.1 Å². The number of hydrogen-bond acceptors (Lipinski definition) is 4. The van der Waals surface area contributed by atoms with Crippen LogP contribution in [0.2, 0.25) is 0 Å². The molecule has 0 heterocycles. The van der Waals surface area contributed by atoms with Gasteiger partial charge in [-0.05, 0) is 38.7 Å². The molecular weight excluding hydrogens is 258 g/mol. The van der Waals surface area contributed by atoms with Crippen molar-refractivity contribution in [2.45, 2.75) is 38.6 Å². The maximum absolute atomic E-state index is 12.1. The van der Waals surface area contributed by atoms with Gasteiger partial charge in [-0.15, -0.1) is 0 Å². The van der Waals surface area contributed by atoms with E-state index in [2.05, 4.69) is 5.32 Å². The maximum atomic E-state index is 12.1. The Morgan fingerprint density at radius 3 is 2.60 bits per heavy atom. The third-order valence-corrected chi connectivity index (χ3v) is 3.82. The Labute approximate surface area is 117 Å². The molecule has 0 atom stereocenters. The number of aryl methyl sites for hydroxylation is 1. The van der Waals surface area contributed by atoms with Crippen molar-refractivity contribution >= 4 is 17.3 Å². The van der Waals surface area contributed by atoms with Crippen molar-refractivity contribution in [3.63, 3.8) is 0 Å². The number of benzene rings is 1. The van der Waals surface area contributed by atoms with Gasteiger partial charge >= 0.3 is 0 Å². The van der Waals surface area contributed by atoms with E-state index in [-0.39, 0.29) is 23.6 Å². The fourth-order valence-corrected chi connectivity index (χ4v) is 2.51. The molecular formula is C14H19N3O3. The van der Waals surface area contributed by atoms with E-state index in [1.807, 2.05) is 0 Å². The van der Waals surface area contributed by atoms with E-state index in [9.17, 15) is 14.9 Å². The van der Waals surface area contributed by atoms with Crippen molar-refractivity contribution in [3.05, 3.63) is 33.9 Å². The second-order valence-electron chi connectivity index (χ2n) is 5.36. The lowest BCUT2D eigenvalue weighted by atomic mass is 9.86. The highest BCUT2D eigenvalue weighted by atomic mass is 16.6. The first-order valence-corrected chi connectivity index (χ1v) is 6.79. The Hall–Kier alpha value is -1.95. The van der Waals surface area contributed by atoms with Gasteiger partial charge in [-0.2, -0.15) is 0 Å². The first kappa shape index (κ1) is 14.5.